The topological polar surface area (TPSA) is 134 Å². The Hall–Kier alpha value is -2.16. The molecule has 3 amide bonds. The lowest BCUT2D eigenvalue weighted by molar-refractivity contribution is -0.175. The third-order valence-electron chi connectivity index (χ3n) is 7.90. The highest BCUT2D eigenvalue weighted by molar-refractivity contribution is 5.88. The highest BCUT2D eigenvalue weighted by Crippen LogP contribution is 2.61. The maximum atomic E-state index is 13.0. The van der Waals surface area contributed by atoms with Crippen molar-refractivity contribution in [2.75, 3.05) is 13.1 Å². The van der Waals surface area contributed by atoms with Crippen molar-refractivity contribution in [2.24, 2.45) is 29.1 Å². The van der Waals surface area contributed by atoms with Gasteiger partial charge in [0.15, 0.2) is 0 Å². The number of hydrogen-bond acceptors (Lipinski definition) is 6. The second-order valence-corrected chi connectivity index (χ2v) is 11.5. The summed E-state index contributed by atoms with van der Waals surface area (Å²) in [6.07, 6.45) is 4.29. The van der Waals surface area contributed by atoms with E-state index in [-0.39, 0.29) is 48.8 Å². The van der Waals surface area contributed by atoms with Crippen LogP contribution in [0.5, 0.6) is 0 Å². The molecule has 0 aromatic carbocycles. The highest BCUT2D eigenvalue weighted by atomic mass is 16.5. The van der Waals surface area contributed by atoms with E-state index >= 15 is 0 Å². The number of amides is 3. The molecule has 5 rings (SSSR count). The van der Waals surface area contributed by atoms with Crippen molar-refractivity contribution < 1.29 is 31.8 Å². The van der Waals surface area contributed by atoms with Crippen molar-refractivity contribution in [3.05, 3.63) is 0 Å². The first-order valence-electron chi connectivity index (χ1n) is 13.6. The average molecular weight is 480 g/mol. The average Bonchev–Trinajstić information content (AvgIpc) is 3.14. The molecule has 34 heavy (non-hydrogen) atoms. The van der Waals surface area contributed by atoms with E-state index in [1.54, 1.807) is 0 Å². The molecule has 9 heteroatoms. The van der Waals surface area contributed by atoms with Gasteiger partial charge in [-0.25, -0.2) is 4.79 Å². The van der Waals surface area contributed by atoms with Gasteiger partial charge in [-0.2, -0.15) is 0 Å². The number of hydrogen-bond donors (Lipinski definition) is 4. The Bertz CT molecular complexity index is 883. The fourth-order valence-corrected chi connectivity index (χ4v) is 6.97. The standard InChI is InChI=1S/C25H39N3O6/c1-15(2)5-20(22(31)27-19(12-29)7-18-3-4-26-21(18)30)28-23(32)34-14-24-8-16-6-17(9-24)11-25(33,10-16)13-24/h12,15-20,33H,3-11,13-14H2,1-2H3,(H,26,30)(H,27,31)(H,28,32)/t16?,17?,18-,19+,20+,24?,25?/m1/s1/i14D2. The Labute approximate surface area is 203 Å². The number of alkyl carbamates (subject to hydrolysis) is 1. The molecule has 1 heterocycles. The van der Waals surface area contributed by atoms with Crippen LogP contribution in [-0.2, 0) is 19.1 Å². The second-order valence-electron chi connectivity index (χ2n) is 11.5. The van der Waals surface area contributed by atoms with E-state index in [4.69, 9.17) is 7.48 Å². The fraction of sp³-hybridized carbons (Fsp3) is 0.840. The molecule has 1 saturated heterocycles. The zero-order chi connectivity index (χ0) is 26.3. The van der Waals surface area contributed by atoms with Crippen LogP contribution in [-0.4, -0.2) is 60.1 Å². The third kappa shape index (κ3) is 5.73. The summed E-state index contributed by atoms with van der Waals surface area (Å²) in [6.45, 7) is 1.99. The van der Waals surface area contributed by atoms with E-state index < -0.39 is 41.7 Å². The van der Waals surface area contributed by atoms with Crippen LogP contribution in [0.3, 0.4) is 0 Å². The van der Waals surface area contributed by atoms with E-state index in [2.05, 4.69) is 16.0 Å². The second kappa shape index (κ2) is 9.84. The first-order valence-corrected chi connectivity index (χ1v) is 12.6. The molecule has 5 aliphatic rings. The minimum absolute atomic E-state index is 0.0190. The zero-order valence-corrected chi connectivity index (χ0v) is 20.1. The normalized spacial score (nSPS) is 36.8. The summed E-state index contributed by atoms with van der Waals surface area (Å²) in [5, 5.41) is 18.8. The van der Waals surface area contributed by atoms with Crippen molar-refractivity contribution >= 4 is 24.2 Å². The maximum Gasteiger partial charge on any atom is 0.407 e. The molecule has 0 spiro atoms. The molecule has 0 aromatic heterocycles. The van der Waals surface area contributed by atoms with Gasteiger partial charge in [-0.05, 0) is 75.5 Å². The molecule has 5 atom stereocenters. The predicted molar refractivity (Wildman–Crippen MR) is 124 cm³/mol. The van der Waals surface area contributed by atoms with Crippen molar-refractivity contribution in [2.45, 2.75) is 89.3 Å². The zero-order valence-electron chi connectivity index (χ0n) is 22.1. The number of carbonyl (C=O) groups excluding carboxylic acids is 4. The lowest BCUT2D eigenvalue weighted by Gasteiger charge is -2.59. The Morgan fingerprint density at radius 3 is 2.53 bits per heavy atom. The molecule has 0 aromatic rings. The van der Waals surface area contributed by atoms with Crippen LogP contribution in [0, 0.1) is 29.1 Å². The van der Waals surface area contributed by atoms with Crippen LogP contribution in [0.25, 0.3) is 0 Å². The van der Waals surface area contributed by atoms with Gasteiger partial charge >= 0.3 is 6.09 Å². The number of nitrogens with one attached hydrogen (secondary N) is 3. The minimum atomic E-state index is -2.30. The summed E-state index contributed by atoms with van der Waals surface area (Å²) in [4.78, 5) is 49.3. The molecule has 1 aliphatic heterocycles. The largest absolute Gasteiger partial charge is 0.449 e. The van der Waals surface area contributed by atoms with E-state index in [9.17, 15) is 24.3 Å². The smallest absolute Gasteiger partial charge is 0.407 e. The Morgan fingerprint density at radius 1 is 1.26 bits per heavy atom. The quantitative estimate of drug-likeness (QED) is 0.352. The lowest BCUT2D eigenvalue weighted by atomic mass is 9.48. The number of aldehydes is 1. The van der Waals surface area contributed by atoms with Gasteiger partial charge < -0.3 is 30.6 Å². The van der Waals surface area contributed by atoms with Gasteiger partial charge in [-0.1, -0.05) is 13.8 Å². The Kier molecular flexibility index (Phi) is 6.45. The molecule has 9 nitrogen and oxygen atoms in total. The minimum Gasteiger partial charge on any atom is -0.449 e. The fourth-order valence-electron chi connectivity index (χ4n) is 6.97. The molecule has 5 fully saturated rings. The van der Waals surface area contributed by atoms with Crippen molar-refractivity contribution in [1.82, 2.24) is 16.0 Å². The van der Waals surface area contributed by atoms with Gasteiger partial charge in [0.05, 0.1) is 20.9 Å². The van der Waals surface area contributed by atoms with E-state index in [1.807, 2.05) is 13.8 Å². The Balaban J connectivity index is 1.39. The third-order valence-corrected chi connectivity index (χ3v) is 7.90. The highest BCUT2D eigenvalue weighted by Gasteiger charge is 2.57. The van der Waals surface area contributed by atoms with Crippen LogP contribution in [0.2, 0.25) is 0 Å². The number of ether oxygens (including phenoxy) is 1. The first-order chi connectivity index (χ1) is 16.8. The summed E-state index contributed by atoms with van der Waals surface area (Å²) in [6, 6.07) is -1.91. The van der Waals surface area contributed by atoms with Gasteiger partial charge in [-0.3, -0.25) is 9.59 Å². The summed E-state index contributed by atoms with van der Waals surface area (Å²) < 4.78 is 22.7. The van der Waals surface area contributed by atoms with Crippen LogP contribution in [0.4, 0.5) is 4.79 Å². The number of rotatable bonds is 10. The van der Waals surface area contributed by atoms with Crippen LogP contribution in [0.1, 0.15) is 74.4 Å². The Morgan fingerprint density at radius 2 is 1.97 bits per heavy atom. The molecule has 4 N–H and O–H groups in total. The lowest BCUT2D eigenvalue weighted by Crippen LogP contribution is -2.57. The summed E-state index contributed by atoms with van der Waals surface area (Å²) >= 11 is 0. The SMILES string of the molecule is [2H]C([2H])(OC(=O)N[C@@H](CC(C)C)C(=O)N[C@H](C=O)C[C@H]1CCNC1=O)C12CC3CC(CC(O)(C3)C1)C2. The summed E-state index contributed by atoms with van der Waals surface area (Å²) in [7, 11) is 0. The molecule has 2 unspecified atom stereocenters. The van der Waals surface area contributed by atoms with Gasteiger partial charge in [0, 0.05) is 17.9 Å². The van der Waals surface area contributed by atoms with Gasteiger partial charge in [-0.15, -0.1) is 0 Å². The van der Waals surface area contributed by atoms with E-state index in [0.29, 0.717) is 44.9 Å². The molecular formula is C25H39N3O6. The van der Waals surface area contributed by atoms with Crippen LogP contribution in [0.15, 0.2) is 0 Å². The van der Waals surface area contributed by atoms with Crippen molar-refractivity contribution in [1.29, 1.82) is 0 Å². The van der Waals surface area contributed by atoms with Gasteiger partial charge in [0.2, 0.25) is 11.8 Å². The van der Waals surface area contributed by atoms with Gasteiger partial charge in [0.25, 0.3) is 0 Å². The predicted octanol–water partition coefficient (Wildman–Crippen LogP) is 1.67. The molecule has 4 aliphatic carbocycles. The summed E-state index contributed by atoms with van der Waals surface area (Å²) in [5.74, 6) is -0.622. The van der Waals surface area contributed by atoms with E-state index in [1.165, 1.54) is 0 Å². The van der Waals surface area contributed by atoms with E-state index in [0.717, 1.165) is 6.42 Å². The maximum absolute atomic E-state index is 13.0. The van der Waals surface area contributed by atoms with Crippen LogP contribution >= 0.6 is 0 Å². The van der Waals surface area contributed by atoms with Crippen molar-refractivity contribution in [3.8, 4) is 0 Å². The van der Waals surface area contributed by atoms with Crippen LogP contribution < -0.4 is 16.0 Å². The molecular weight excluding hydrogens is 438 g/mol. The first kappa shape index (κ1) is 22.3. The molecule has 0 radical (unpaired) electrons. The summed E-state index contributed by atoms with van der Waals surface area (Å²) in [5.41, 5.74) is -1.85. The van der Waals surface area contributed by atoms with Crippen molar-refractivity contribution in [3.63, 3.8) is 0 Å². The van der Waals surface area contributed by atoms with Gasteiger partial charge in [0.1, 0.15) is 12.3 Å². The monoisotopic (exact) mass is 479 g/mol. The number of carbonyl (C=O) groups is 4. The molecule has 4 bridgehead atoms. The molecule has 190 valence electrons. The molecule has 4 saturated carbocycles. The number of aliphatic hydroxyl groups is 1.